The summed E-state index contributed by atoms with van der Waals surface area (Å²) in [6.45, 7) is 7.98. The Hall–Kier alpha value is -0.490. The van der Waals surface area contributed by atoms with Gasteiger partial charge in [-0.05, 0) is 38.3 Å². The highest BCUT2D eigenvalue weighted by atomic mass is 127. The van der Waals surface area contributed by atoms with Crippen LogP contribution in [0, 0.1) is 0 Å². The summed E-state index contributed by atoms with van der Waals surface area (Å²) >= 11 is 6.13. The van der Waals surface area contributed by atoms with Crippen LogP contribution < -0.4 is 10.6 Å². The number of nitrogens with one attached hydrogen (secondary N) is 2. The van der Waals surface area contributed by atoms with Crippen molar-refractivity contribution in [2.24, 2.45) is 4.99 Å². The molecular weight excluding hydrogens is 385 g/mol. The lowest BCUT2D eigenvalue weighted by molar-refractivity contribution is 0.624. The fourth-order valence-corrected chi connectivity index (χ4v) is 1.88. The molecule has 0 saturated carbocycles. The molecule has 0 aromatic heterocycles. The van der Waals surface area contributed by atoms with Crippen LogP contribution in [0.4, 0.5) is 0 Å². The minimum absolute atomic E-state index is 0. The van der Waals surface area contributed by atoms with Crippen molar-refractivity contribution in [3.63, 3.8) is 0 Å². The van der Waals surface area contributed by atoms with Crippen molar-refractivity contribution in [2.45, 2.75) is 39.7 Å². The van der Waals surface area contributed by atoms with Crippen LogP contribution in [0.25, 0.3) is 0 Å². The molecule has 0 bridgehead atoms. The maximum atomic E-state index is 6.13. The zero-order valence-corrected chi connectivity index (χ0v) is 15.5. The maximum Gasteiger partial charge on any atom is 0.191 e. The Morgan fingerprint density at radius 1 is 1.30 bits per heavy atom. The quantitative estimate of drug-likeness (QED) is 0.425. The molecule has 1 atom stereocenters. The summed E-state index contributed by atoms with van der Waals surface area (Å²) in [6.07, 6.45) is 1.94. The largest absolute Gasteiger partial charge is 0.357 e. The second kappa shape index (κ2) is 11.2. The van der Waals surface area contributed by atoms with Gasteiger partial charge in [0.1, 0.15) is 0 Å². The Morgan fingerprint density at radius 2 is 2.00 bits per heavy atom. The number of hydrogen-bond acceptors (Lipinski definition) is 1. The van der Waals surface area contributed by atoms with Gasteiger partial charge in [0.05, 0.1) is 0 Å². The highest BCUT2D eigenvalue weighted by molar-refractivity contribution is 14.0. The van der Waals surface area contributed by atoms with Crippen LogP contribution >= 0.6 is 35.6 Å². The highest BCUT2D eigenvalue weighted by Crippen LogP contribution is 2.15. The van der Waals surface area contributed by atoms with Crippen molar-refractivity contribution < 1.29 is 0 Å². The van der Waals surface area contributed by atoms with Gasteiger partial charge in [0.2, 0.25) is 0 Å². The molecule has 20 heavy (non-hydrogen) atoms. The molecule has 0 aliphatic carbocycles. The SMILES string of the molecule is CCNC(=NCCc1ccccc1Cl)NC(C)CC.I. The van der Waals surface area contributed by atoms with E-state index in [2.05, 4.69) is 36.4 Å². The van der Waals surface area contributed by atoms with Crippen LogP contribution in [0.1, 0.15) is 32.8 Å². The van der Waals surface area contributed by atoms with Crippen molar-refractivity contribution in [2.75, 3.05) is 13.1 Å². The molecule has 0 amide bonds. The van der Waals surface area contributed by atoms with Gasteiger partial charge in [0.25, 0.3) is 0 Å². The monoisotopic (exact) mass is 409 g/mol. The van der Waals surface area contributed by atoms with Crippen LogP contribution in [0.2, 0.25) is 5.02 Å². The van der Waals surface area contributed by atoms with E-state index < -0.39 is 0 Å². The summed E-state index contributed by atoms with van der Waals surface area (Å²) in [5.74, 6) is 0.879. The molecule has 0 saturated heterocycles. The van der Waals surface area contributed by atoms with Crippen molar-refractivity contribution in [3.05, 3.63) is 34.9 Å². The van der Waals surface area contributed by atoms with Crippen LogP contribution in [0.3, 0.4) is 0 Å². The molecule has 0 aliphatic heterocycles. The fraction of sp³-hybridized carbons (Fsp3) is 0.533. The van der Waals surface area contributed by atoms with E-state index in [1.165, 1.54) is 0 Å². The van der Waals surface area contributed by atoms with E-state index in [1.54, 1.807) is 0 Å². The van der Waals surface area contributed by atoms with E-state index in [0.29, 0.717) is 6.04 Å². The minimum atomic E-state index is 0. The summed E-state index contributed by atoms with van der Waals surface area (Å²) in [7, 11) is 0. The number of benzene rings is 1. The normalized spacial score (nSPS) is 12.5. The number of hydrogen-bond donors (Lipinski definition) is 2. The standard InChI is InChI=1S/C15H24ClN3.HI/c1-4-12(3)19-15(17-5-2)18-11-10-13-8-6-7-9-14(13)16;/h6-9,12H,4-5,10-11H2,1-3H3,(H2,17,18,19);1H. The first-order valence-electron chi connectivity index (χ1n) is 6.95. The first-order valence-corrected chi connectivity index (χ1v) is 7.33. The fourth-order valence-electron chi connectivity index (χ4n) is 1.64. The van der Waals surface area contributed by atoms with Gasteiger partial charge in [-0.2, -0.15) is 0 Å². The van der Waals surface area contributed by atoms with E-state index in [-0.39, 0.29) is 24.0 Å². The Labute approximate surface area is 144 Å². The second-order valence-corrected chi connectivity index (χ2v) is 4.96. The molecule has 1 rings (SSSR count). The minimum Gasteiger partial charge on any atom is -0.357 e. The van der Waals surface area contributed by atoms with Gasteiger partial charge in [0.15, 0.2) is 5.96 Å². The molecule has 1 unspecified atom stereocenters. The van der Waals surface area contributed by atoms with Gasteiger partial charge < -0.3 is 10.6 Å². The molecule has 0 aliphatic rings. The average Bonchev–Trinajstić information content (AvgIpc) is 2.41. The van der Waals surface area contributed by atoms with E-state index in [1.807, 2.05) is 24.3 Å². The smallest absolute Gasteiger partial charge is 0.191 e. The molecule has 0 radical (unpaired) electrons. The lowest BCUT2D eigenvalue weighted by Gasteiger charge is -2.16. The van der Waals surface area contributed by atoms with Crippen LogP contribution in [0.15, 0.2) is 29.3 Å². The van der Waals surface area contributed by atoms with E-state index >= 15 is 0 Å². The Kier molecular flexibility index (Phi) is 10.9. The lowest BCUT2D eigenvalue weighted by atomic mass is 10.1. The number of nitrogens with zero attached hydrogens (tertiary/aromatic N) is 1. The number of rotatable bonds is 6. The number of halogens is 2. The molecule has 1 aromatic carbocycles. The third kappa shape index (κ3) is 7.33. The molecule has 1 aromatic rings. The predicted molar refractivity (Wildman–Crippen MR) is 99.4 cm³/mol. The molecule has 0 fully saturated rings. The second-order valence-electron chi connectivity index (χ2n) is 4.56. The Bertz CT molecular complexity index is 410. The van der Waals surface area contributed by atoms with E-state index in [0.717, 1.165) is 42.5 Å². The van der Waals surface area contributed by atoms with Crippen molar-refractivity contribution in [1.82, 2.24) is 10.6 Å². The Morgan fingerprint density at radius 3 is 2.60 bits per heavy atom. The topological polar surface area (TPSA) is 36.4 Å². The van der Waals surface area contributed by atoms with Crippen LogP contribution in [-0.2, 0) is 6.42 Å². The van der Waals surface area contributed by atoms with Crippen molar-refractivity contribution in [1.29, 1.82) is 0 Å². The molecule has 2 N–H and O–H groups in total. The maximum absolute atomic E-state index is 6.13. The summed E-state index contributed by atoms with van der Waals surface area (Å²) in [5.41, 5.74) is 1.15. The number of aliphatic imine (C=N–C) groups is 1. The molecule has 0 heterocycles. The summed E-state index contributed by atoms with van der Waals surface area (Å²) < 4.78 is 0. The van der Waals surface area contributed by atoms with Gasteiger partial charge in [-0.3, -0.25) is 4.99 Å². The molecule has 3 nitrogen and oxygen atoms in total. The zero-order chi connectivity index (χ0) is 14.1. The highest BCUT2D eigenvalue weighted by Gasteiger charge is 2.02. The summed E-state index contributed by atoms with van der Waals surface area (Å²) in [4.78, 5) is 4.57. The van der Waals surface area contributed by atoms with E-state index in [9.17, 15) is 0 Å². The molecule has 5 heteroatoms. The van der Waals surface area contributed by atoms with Crippen molar-refractivity contribution in [3.8, 4) is 0 Å². The van der Waals surface area contributed by atoms with Crippen LogP contribution in [0.5, 0.6) is 0 Å². The first-order chi connectivity index (χ1) is 9.17. The van der Waals surface area contributed by atoms with Gasteiger partial charge in [-0.25, -0.2) is 0 Å². The predicted octanol–water partition coefficient (Wildman–Crippen LogP) is 3.85. The summed E-state index contributed by atoms with van der Waals surface area (Å²) in [5, 5.41) is 7.45. The van der Waals surface area contributed by atoms with Crippen LogP contribution in [-0.4, -0.2) is 25.1 Å². The van der Waals surface area contributed by atoms with Gasteiger partial charge in [0, 0.05) is 24.2 Å². The summed E-state index contributed by atoms with van der Waals surface area (Å²) in [6, 6.07) is 8.35. The zero-order valence-electron chi connectivity index (χ0n) is 12.4. The molecule has 0 spiro atoms. The third-order valence-electron chi connectivity index (χ3n) is 2.95. The third-order valence-corrected chi connectivity index (χ3v) is 3.32. The average molecular weight is 410 g/mol. The van der Waals surface area contributed by atoms with Gasteiger partial charge >= 0.3 is 0 Å². The van der Waals surface area contributed by atoms with Gasteiger partial charge in [-0.15, -0.1) is 24.0 Å². The van der Waals surface area contributed by atoms with Crippen molar-refractivity contribution >= 4 is 41.5 Å². The lowest BCUT2D eigenvalue weighted by Crippen LogP contribution is -2.42. The number of guanidine groups is 1. The first kappa shape index (κ1) is 19.5. The Balaban J connectivity index is 0.00000361. The molecule has 114 valence electrons. The van der Waals surface area contributed by atoms with Gasteiger partial charge in [-0.1, -0.05) is 36.7 Å². The van der Waals surface area contributed by atoms with E-state index in [4.69, 9.17) is 11.6 Å². The molecular formula is C15H25ClIN3.